The van der Waals surface area contributed by atoms with Gasteiger partial charge in [0.25, 0.3) is 0 Å². The van der Waals surface area contributed by atoms with Crippen LogP contribution in [0.2, 0.25) is 0 Å². The number of carboxylic acid groups (broad SMARTS) is 1. The van der Waals surface area contributed by atoms with Crippen LogP contribution < -0.4 is 0 Å². The third-order valence-corrected chi connectivity index (χ3v) is 6.28. The predicted octanol–water partition coefficient (Wildman–Crippen LogP) is 2.13. The SMILES string of the molecule is O=C(O)C1CCC(C(=O)N2CCN(C(=O)C3CCCCC3)CC2)CC1. The highest BCUT2D eigenvalue weighted by Gasteiger charge is 2.34. The normalized spacial score (nSPS) is 28.6. The molecule has 3 aliphatic rings. The summed E-state index contributed by atoms with van der Waals surface area (Å²) in [7, 11) is 0. The number of amides is 2. The molecule has 0 bridgehead atoms. The molecule has 1 N–H and O–H groups in total. The predicted molar refractivity (Wildman–Crippen MR) is 92.8 cm³/mol. The van der Waals surface area contributed by atoms with Crippen molar-refractivity contribution < 1.29 is 19.5 Å². The van der Waals surface area contributed by atoms with E-state index in [-0.39, 0.29) is 29.6 Å². The highest BCUT2D eigenvalue weighted by atomic mass is 16.4. The maximum absolute atomic E-state index is 12.7. The van der Waals surface area contributed by atoms with Crippen LogP contribution in [0.1, 0.15) is 57.8 Å². The quantitative estimate of drug-likeness (QED) is 0.846. The zero-order valence-electron chi connectivity index (χ0n) is 15.0. The van der Waals surface area contributed by atoms with E-state index in [1.54, 1.807) is 0 Å². The molecule has 1 aliphatic heterocycles. The first-order chi connectivity index (χ1) is 12.1. The monoisotopic (exact) mass is 350 g/mol. The number of carbonyl (C=O) groups excluding carboxylic acids is 2. The summed E-state index contributed by atoms with van der Waals surface area (Å²) >= 11 is 0. The Morgan fingerprint density at radius 2 is 1.00 bits per heavy atom. The molecule has 2 aliphatic carbocycles. The van der Waals surface area contributed by atoms with Crippen LogP contribution in [0.3, 0.4) is 0 Å². The minimum atomic E-state index is -0.735. The van der Waals surface area contributed by atoms with Gasteiger partial charge >= 0.3 is 5.97 Å². The lowest BCUT2D eigenvalue weighted by Crippen LogP contribution is -2.53. The molecule has 3 fully saturated rings. The van der Waals surface area contributed by atoms with Gasteiger partial charge in [0.15, 0.2) is 0 Å². The molecule has 3 rings (SSSR count). The second-order valence-corrected chi connectivity index (χ2v) is 7.87. The third-order valence-electron chi connectivity index (χ3n) is 6.28. The maximum Gasteiger partial charge on any atom is 0.306 e. The molecule has 25 heavy (non-hydrogen) atoms. The van der Waals surface area contributed by atoms with Crippen LogP contribution in [-0.2, 0) is 14.4 Å². The van der Waals surface area contributed by atoms with E-state index in [4.69, 9.17) is 5.11 Å². The van der Waals surface area contributed by atoms with Crippen molar-refractivity contribution >= 4 is 17.8 Å². The molecular weight excluding hydrogens is 320 g/mol. The minimum absolute atomic E-state index is 0.0313. The summed E-state index contributed by atoms with van der Waals surface area (Å²) in [6.07, 6.45) is 8.17. The molecule has 2 amide bonds. The minimum Gasteiger partial charge on any atom is -0.481 e. The van der Waals surface area contributed by atoms with E-state index in [2.05, 4.69) is 0 Å². The topological polar surface area (TPSA) is 77.9 Å². The van der Waals surface area contributed by atoms with Crippen molar-refractivity contribution in [3.05, 3.63) is 0 Å². The molecule has 140 valence electrons. The molecule has 1 saturated heterocycles. The van der Waals surface area contributed by atoms with Crippen LogP contribution in [-0.4, -0.2) is 58.9 Å². The molecule has 0 aromatic rings. The zero-order chi connectivity index (χ0) is 17.8. The Labute approximate surface area is 149 Å². The highest BCUT2D eigenvalue weighted by Crippen LogP contribution is 2.31. The van der Waals surface area contributed by atoms with E-state index in [1.807, 2.05) is 9.80 Å². The number of carbonyl (C=O) groups is 3. The van der Waals surface area contributed by atoms with Crippen molar-refractivity contribution in [3.63, 3.8) is 0 Å². The fraction of sp³-hybridized carbons (Fsp3) is 0.842. The van der Waals surface area contributed by atoms with Gasteiger partial charge < -0.3 is 14.9 Å². The van der Waals surface area contributed by atoms with Crippen molar-refractivity contribution in [1.29, 1.82) is 0 Å². The highest BCUT2D eigenvalue weighted by molar-refractivity contribution is 5.81. The average molecular weight is 350 g/mol. The Morgan fingerprint density at radius 3 is 1.44 bits per heavy atom. The Morgan fingerprint density at radius 1 is 0.600 bits per heavy atom. The van der Waals surface area contributed by atoms with Crippen molar-refractivity contribution in [2.24, 2.45) is 17.8 Å². The van der Waals surface area contributed by atoms with Crippen molar-refractivity contribution in [2.75, 3.05) is 26.2 Å². The summed E-state index contributed by atoms with van der Waals surface area (Å²) in [5.74, 6) is -0.407. The summed E-state index contributed by atoms with van der Waals surface area (Å²) in [6, 6.07) is 0. The summed E-state index contributed by atoms with van der Waals surface area (Å²) in [6.45, 7) is 2.53. The van der Waals surface area contributed by atoms with Gasteiger partial charge in [0, 0.05) is 38.0 Å². The lowest BCUT2D eigenvalue weighted by atomic mass is 9.81. The van der Waals surface area contributed by atoms with Gasteiger partial charge in [0.1, 0.15) is 0 Å². The summed E-state index contributed by atoms with van der Waals surface area (Å²) in [4.78, 5) is 40.1. The first kappa shape index (κ1) is 18.2. The fourth-order valence-corrected chi connectivity index (χ4v) is 4.60. The first-order valence-electron chi connectivity index (χ1n) is 9.86. The average Bonchev–Trinajstić information content (AvgIpc) is 2.67. The third kappa shape index (κ3) is 4.33. The van der Waals surface area contributed by atoms with Crippen LogP contribution in [0.4, 0.5) is 0 Å². The summed E-state index contributed by atoms with van der Waals surface area (Å²) < 4.78 is 0. The molecule has 0 atom stereocenters. The Balaban J connectivity index is 1.45. The second kappa shape index (κ2) is 8.19. The number of aliphatic carboxylic acids is 1. The first-order valence-corrected chi connectivity index (χ1v) is 9.86. The van der Waals surface area contributed by atoms with Gasteiger partial charge in [0.05, 0.1) is 5.92 Å². The molecule has 0 aromatic carbocycles. The van der Waals surface area contributed by atoms with Gasteiger partial charge in [-0.05, 0) is 38.5 Å². The smallest absolute Gasteiger partial charge is 0.306 e. The molecular formula is C19H30N2O4. The van der Waals surface area contributed by atoms with Crippen LogP contribution in [0.25, 0.3) is 0 Å². The van der Waals surface area contributed by atoms with E-state index in [0.29, 0.717) is 51.9 Å². The molecule has 6 heteroatoms. The number of nitrogens with zero attached hydrogens (tertiary/aromatic N) is 2. The van der Waals surface area contributed by atoms with E-state index in [1.165, 1.54) is 6.42 Å². The molecule has 0 unspecified atom stereocenters. The lowest BCUT2D eigenvalue weighted by Gasteiger charge is -2.39. The van der Waals surface area contributed by atoms with Crippen LogP contribution in [0.15, 0.2) is 0 Å². The molecule has 0 radical (unpaired) electrons. The lowest BCUT2D eigenvalue weighted by molar-refractivity contribution is -0.147. The van der Waals surface area contributed by atoms with Crippen LogP contribution in [0.5, 0.6) is 0 Å². The molecule has 2 saturated carbocycles. The van der Waals surface area contributed by atoms with Crippen molar-refractivity contribution in [3.8, 4) is 0 Å². The van der Waals surface area contributed by atoms with Crippen LogP contribution >= 0.6 is 0 Å². The molecule has 1 heterocycles. The Kier molecular flexibility index (Phi) is 5.97. The maximum atomic E-state index is 12.7. The van der Waals surface area contributed by atoms with Gasteiger partial charge in [0.2, 0.25) is 11.8 Å². The van der Waals surface area contributed by atoms with E-state index in [0.717, 1.165) is 25.7 Å². The van der Waals surface area contributed by atoms with Gasteiger partial charge in [-0.1, -0.05) is 19.3 Å². The number of piperazine rings is 1. The van der Waals surface area contributed by atoms with Gasteiger partial charge in [-0.15, -0.1) is 0 Å². The van der Waals surface area contributed by atoms with Gasteiger partial charge in [-0.2, -0.15) is 0 Å². The van der Waals surface area contributed by atoms with E-state index < -0.39 is 5.97 Å². The molecule has 0 spiro atoms. The van der Waals surface area contributed by atoms with E-state index >= 15 is 0 Å². The standard InChI is InChI=1S/C19H30N2O4/c22-17(14-4-2-1-3-5-14)20-10-12-21(13-11-20)18(23)15-6-8-16(9-7-15)19(24)25/h14-16H,1-13H2,(H,24,25). The molecule has 0 aromatic heterocycles. The fourth-order valence-electron chi connectivity index (χ4n) is 4.60. The number of hydrogen-bond donors (Lipinski definition) is 1. The summed E-state index contributed by atoms with van der Waals surface area (Å²) in [5, 5.41) is 9.07. The van der Waals surface area contributed by atoms with Gasteiger partial charge in [-0.3, -0.25) is 14.4 Å². The number of hydrogen-bond acceptors (Lipinski definition) is 3. The van der Waals surface area contributed by atoms with Gasteiger partial charge in [-0.25, -0.2) is 0 Å². The largest absolute Gasteiger partial charge is 0.481 e. The van der Waals surface area contributed by atoms with Crippen molar-refractivity contribution in [1.82, 2.24) is 9.80 Å². The second-order valence-electron chi connectivity index (χ2n) is 7.87. The number of carboxylic acids is 1. The zero-order valence-corrected chi connectivity index (χ0v) is 15.0. The van der Waals surface area contributed by atoms with E-state index in [9.17, 15) is 14.4 Å². The van der Waals surface area contributed by atoms with Crippen molar-refractivity contribution in [2.45, 2.75) is 57.8 Å². The summed E-state index contributed by atoms with van der Waals surface area (Å²) in [5.41, 5.74) is 0. The van der Waals surface area contributed by atoms with Crippen LogP contribution in [0, 0.1) is 17.8 Å². The number of rotatable bonds is 3. The Hall–Kier alpha value is -1.59. The Bertz CT molecular complexity index is 500. The molecule has 6 nitrogen and oxygen atoms in total.